The van der Waals surface area contributed by atoms with E-state index in [4.69, 9.17) is 0 Å². The molecule has 0 spiro atoms. The molecule has 2 heterocycles. The van der Waals surface area contributed by atoms with Crippen molar-refractivity contribution in [3.63, 3.8) is 0 Å². The lowest BCUT2D eigenvalue weighted by molar-refractivity contribution is 1.17. The van der Waals surface area contributed by atoms with Gasteiger partial charge in [-0.3, -0.25) is 0 Å². The van der Waals surface area contributed by atoms with E-state index in [1.165, 1.54) is 0 Å². The Morgan fingerprint density at radius 1 is 0.360 bits per heavy atom. The molecule has 50 heavy (non-hydrogen) atoms. The smallest absolute Gasteiger partial charge is 0.101 e. The standard InChI is InChI=1S/C45H25N5/c46-26-29-19-21-43-38(23-29)37-14-3-6-17-42(37)49(43)39-22-20-31(25-34(39)28-48)30-9-7-10-32(24-30)45-33(27-47)11-8-18-44(45)50-40-15-4-1-12-35(40)36-13-2-5-16-41(36)50/h1-25H. The van der Waals surface area contributed by atoms with Crippen LogP contribution in [-0.4, -0.2) is 9.13 Å². The third kappa shape index (κ3) is 4.31. The summed E-state index contributed by atoms with van der Waals surface area (Å²) < 4.78 is 4.35. The Bertz CT molecular complexity index is 2920. The van der Waals surface area contributed by atoms with E-state index in [1.807, 2.05) is 103 Å². The molecule has 5 nitrogen and oxygen atoms in total. The molecule has 9 aromatic rings. The van der Waals surface area contributed by atoms with Gasteiger partial charge < -0.3 is 9.13 Å². The summed E-state index contributed by atoms with van der Waals surface area (Å²) in [7, 11) is 0. The highest BCUT2D eigenvalue weighted by Gasteiger charge is 2.19. The van der Waals surface area contributed by atoms with Gasteiger partial charge in [0, 0.05) is 27.1 Å². The minimum Gasteiger partial charge on any atom is -0.309 e. The Balaban J connectivity index is 1.21. The fraction of sp³-hybridized carbons (Fsp3) is 0. The largest absolute Gasteiger partial charge is 0.309 e. The average Bonchev–Trinajstić information content (AvgIpc) is 3.69. The van der Waals surface area contributed by atoms with Crippen molar-refractivity contribution in [2.24, 2.45) is 0 Å². The maximum absolute atomic E-state index is 10.5. The summed E-state index contributed by atoms with van der Waals surface area (Å²) in [5.41, 5.74) is 11.0. The van der Waals surface area contributed by atoms with Gasteiger partial charge in [-0.2, -0.15) is 15.8 Å². The molecule has 7 aromatic carbocycles. The van der Waals surface area contributed by atoms with Crippen LogP contribution in [0.2, 0.25) is 0 Å². The van der Waals surface area contributed by atoms with Crippen LogP contribution in [0.1, 0.15) is 16.7 Å². The van der Waals surface area contributed by atoms with Crippen LogP contribution in [0.15, 0.2) is 152 Å². The Kier molecular flexibility index (Phi) is 6.56. The van der Waals surface area contributed by atoms with Crippen LogP contribution in [0.4, 0.5) is 0 Å². The van der Waals surface area contributed by atoms with Gasteiger partial charge in [0.25, 0.3) is 0 Å². The van der Waals surface area contributed by atoms with Gasteiger partial charge in [-0.05, 0) is 83.4 Å². The zero-order chi connectivity index (χ0) is 33.8. The molecule has 0 saturated carbocycles. The molecule has 0 unspecified atom stereocenters. The molecule has 230 valence electrons. The van der Waals surface area contributed by atoms with Crippen molar-refractivity contribution in [1.82, 2.24) is 9.13 Å². The first-order chi connectivity index (χ1) is 24.7. The number of para-hydroxylation sites is 3. The van der Waals surface area contributed by atoms with Gasteiger partial charge in [-0.1, -0.05) is 84.9 Å². The predicted molar refractivity (Wildman–Crippen MR) is 200 cm³/mol. The number of nitrogens with zero attached hydrogens (tertiary/aromatic N) is 5. The number of benzene rings is 7. The minimum atomic E-state index is 0.531. The molecule has 9 rings (SSSR count). The van der Waals surface area contributed by atoms with Gasteiger partial charge in [-0.25, -0.2) is 0 Å². The second kappa shape index (κ2) is 11.4. The number of nitriles is 3. The molecule has 0 amide bonds. The monoisotopic (exact) mass is 635 g/mol. The second-order valence-corrected chi connectivity index (χ2v) is 12.3. The summed E-state index contributed by atoms with van der Waals surface area (Å²) in [6.07, 6.45) is 0. The van der Waals surface area contributed by atoms with Crippen molar-refractivity contribution in [1.29, 1.82) is 15.8 Å². The van der Waals surface area contributed by atoms with E-state index in [1.54, 1.807) is 0 Å². The molecule has 2 aromatic heterocycles. The molecule has 0 aliphatic carbocycles. The number of hydrogen-bond donors (Lipinski definition) is 0. The first kappa shape index (κ1) is 28.8. The van der Waals surface area contributed by atoms with Crippen molar-refractivity contribution in [2.75, 3.05) is 0 Å². The zero-order valence-corrected chi connectivity index (χ0v) is 26.7. The van der Waals surface area contributed by atoms with E-state index in [9.17, 15) is 15.8 Å². The van der Waals surface area contributed by atoms with Crippen LogP contribution in [0.3, 0.4) is 0 Å². The number of fused-ring (bicyclic) bond motifs is 6. The third-order valence-electron chi connectivity index (χ3n) is 9.63. The maximum Gasteiger partial charge on any atom is 0.101 e. The topological polar surface area (TPSA) is 81.2 Å². The van der Waals surface area contributed by atoms with E-state index in [0.29, 0.717) is 16.7 Å². The lowest BCUT2D eigenvalue weighted by Gasteiger charge is -2.16. The normalized spacial score (nSPS) is 11.1. The second-order valence-electron chi connectivity index (χ2n) is 12.3. The summed E-state index contributed by atoms with van der Waals surface area (Å²) in [6, 6.07) is 57.7. The van der Waals surface area contributed by atoms with Gasteiger partial charge in [-0.15, -0.1) is 0 Å². The molecule has 0 bridgehead atoms. The molecular formula is C45H25N5. The van der Waals surface area contributed by atoms with Gasteiger partial charge in [0.15, 0.2) is 0 Å². The highest BCUT2D eigenvalue weighted by Crippen LogP contribution is 2.39. The fourth-order valence-electron chi connectivity index (χ4n) is 7.46. The quantitative estimate of drug-likeness (QED) is 0.193. The highest BCUT2D eigenvalue weighted by molar-refractivity contribution is 6.11. The predicted octanol–water partition coefficient (Wildman–Crippen LogP) is 10.8. The molecule has 0 radical (unpaired) electrons. The molecule has 0 N–H and O–H groups in total. The van der Waals surface area contributed by atoms with Crippen LogP contribution in [0.25, 0.3) is 77.2 Å². The lowest BCUT2D eigenvalue weighted by atomic mass is 9.94. The fourth-order valence-corrected chi connectivity index (χ4v) is 7.46. The Morgan fingerprint density at radius 3 is 1.58 bits per heavy atom. The first-order valence-corrected chi connectivity index (χ1v) is 16.3. The lowest BCUT2D eigenvalue weighted by Crippen LogP contribution is -2.00. The third-order valence-corrected chi connectivity index (χ3v) is 9.63. The molecule has 0 aliphatic heterocycles. The van der Waals surface area contributed by atoms with E-state index >= 15 is 0 Å². The maximum atomic E-state index is 10.5. The Hall–Kier alpha value is -7.39. The minimum absolute atomic E-state index is 0.531. The molecular weight excluding hydrogens is 611 g/mol. The molecule has 5 heteroatoms. The SMILES string of the molecule is N#Cc1ccc2c(c1)c1ccccc1n2-c1ccc(-c2cccc(-c3c(C#N)cccc3-n3c4ccccc4c4ccccc43)c2)cc1C#N. The zero-order valence-electron chi connectivity index (χ0n) is 26.7. The van der Waals surface area contributed by atoms with Crippen LogP contribution in [0, 0.1) is 34.0 Å². The summed E-state index contributed by atoms with van der Waals surface area (Å²) in [5.74, 6) is 0. The number of rotatable bonds is 4. The summed E-state index contributed by atoms with van der Waals surface area (Å²) in [5, 5.41) is 34.7. The van der Waals surface area contributed by atoms with Crippen LogP contribution in [0.5, 0.6) is 0 Å². The molecule has 0 atom stereocenters. The first-order valence-electron chi connectivity index (χ1n) is 16.3. The van der Waals surface area contributed by atoms with Crippen molar-refractivity contribution < 1.29 is 0 Å². The average molecular weight is 636 g/mol. The van der Waals surface area contributed by atoms with Crippen molar-refractivity contribution in [3.05, 3.63) is 168 Å². The van der Waals surface area contributed by atoms with E-state index in [2.05, 4.69) is 75.9 Å². The van der Waals surface area contributed by atoms with E-state index < -0.39 is 0 Å². The van der Waals surface area contributed by atoms with Gasteiger partial charge >= 0.3 is 0 Å². The number of aromatic nitrogens is 2. The van der Waals surface area contributed by atoms with Crippen LogP contribution in [-0.2, 0) is 0 Å². The van der Waals surface area contributed by atoms with Gasteiger partial charge in [0.05, 0.1) is 62.3 Å². The van der Waals surface area contributed by atoms with E-state index in [-0.39, 0.29) is 0 Å². The Labute approximate surface area is 287 Å². The van der Waals surface area contributed by atoms with Gasteiger partial charge in [0.2, 0.25) is 0 Å². The van der Waals surface area contributed by atoms with E-state index in [0.717, 1.165) is 77.2 Å². The number of hydrogen-bond acceptors (Lipinski definition) is 3. The molecule has 0 fully saturated rings. The van der Waals surface area contributed by atoms with Crippen molar-refractivity contribution in [3.8, 4) is 51.8 Å². The molecule has 0 saturated heterocycles. The van der Waals surface area contributed by atoms with Crippen LogP contribution < -0.4 is 0 Å². The summed E-state index contributed by atoms with van der Waals surface area (Å²) >= 11 is 0. The summed E-state index contributed by atoms with van der Waals surface area (Å²) in [6.45, 7) is 0. The Morgan fingerprint density at radius 2 is 0.920 bits per heavy atom. The van der Waals surface area contributed by atoms with Crippen molar-refractivity contribution in [2.45, 2.75) is 0 Å². The van der Waals surface area contributed by atoms with Crippen LogP contribution >= 0.6 is 0 Å². The highest BCUT2D eigenvalue weighted by atomic mass is 15.0. The van der Waals surface area contributed by atoms with Gasteiger partial charge in [0.1, 0.15) is 6.07 Å². The van der Waals surface area contributed by atoms with Crippen molar-refractivity contribution >= 4 is 43.6 Å². The molecule has 0 aliphatic rings. The summed E-state index contributed by atoms with van der Waals surface area (Å²) in [4.78, 5) is 0.